The summed E-state index contributed by atoms with van der Waals surface area (Å²) < 4.78 is 2.52. The summed E-state index contributed by atoms with van der Waals surface area (Å²) in [6.07, 6.45) is 1.98. The average molecular weight is 396 g/mol. The first kappa shape index (κ1) is 19.5. The van der Waals surface area contributed by atoms with E-state index >= 15 is 0 Å². The molecule has 3 aromatic rings. The number of hydrazone groups is 1. The number of benzene rings is 2. The van der Waals surface area contributed by atoms with Crippen molar-refractivity contribution >= 4 is 17.6 Å². The van der Waals surface area contributed by atoms with Crippen molar-refractivity contribution in [1.82, 2.24) is 14.6 Å². The van der Waals surface area contributed by atoms with Crippen molar-refractivity contribution in [3.05, 3.63) is 81.5 Å². The number of nitrogens with two attached hydrogens (primary N) is 2. The minimum atomic E-state index is -0.514. The first-order chi connectivity index (χ1) is 13.6. The van der Waals surface area contributed by atoms with Crippen LogP contribution in [0.25, 0.3) is 16.9 Å². The molecule has 8 nitrogen and oxygen atoms in total. The van der Waals surface area contributed by atoms with E-state index in [4.69, 9.17) is 11.7 Å². The summed E-state index contributed by atoms with van der Waals surface area (Å²) in [5.41, 5.74) is 3.19. The fraction of sp³-hybridized carbons (Fsp3) is 0.105. The van der Waals surface area contributed by atoms with Crippen LogP contribution in [0.1, 0.15) is 0 Å². The van der Waals surface area contributed by atoms with Crippen molar-refractivity contribution in [3.63, 3.8) is 0 Å². The molecule has 0 aliphatic rings. The van der Waals surface area contributed by atoms with Gasteiger partial charge in [-0.2, -0.15) is 5.10 Å². The molecule has 0 fully saturated rings. The molecular weight excluding hydrogens is 376 g/mol. The van der Waals surface area contributed by atoms with E-state index in [1.54, 1.807) is 11.8 Å². The maximum atomic E-state index is 13.3. The third-order valence-electron chi connectivity index (χ3n) is 4.22. The number of rotatable bonds is 5. The zero-order chi connectivity index (χ0) is 20.1. The minimum absolute atomic E-state index is 0.107. The Balaban J connectivity index is 2.28. The van der Waals surface area contributed by atoms with Crippen molar-refractivity contribution in [3.8, 4) is 16.9 Å². The number of hydrogen-bond acceptors (Lipinski definition) is 6. The Morgan fingerprint density at radius 2 is 1.79 bits per heavy atom. The standard InChI is InChI=1S/C19H20N6O2S/c1-28-15-9-7-14(8-10-15)25-16(13-5-3-2-4-6-13)11-18(26)24(19(25)27)12-17(22-20)23-21/h2-11H,12,20-21H2,1H3,(H,22,23). The molecule has 2 aromatic carbocycles. The van der Waals surface area contributed by atoms with E-state index < -0.39 is 11.2 Å². The van der Waals surface area contributed by atoms with Gasteiger partial charge in [-0.1, -0.05) is 30.3 Å². The molecule has 1 heterocycles. The molecule has 1 aromatic heterocycles. The second kappa shape index (κ2) is 8.59. The third kappa shape index (κ3) is 3.85. The van der Waals surface area contributed by atoms with Gasteiger partial charge in [0.1, 0.15) is 0 Å². The van der Waals surface area contributed by atoms with Gasteiger partial charge in [0.25, 0.3) is 5.56 Å². The summed E-state index contributed by atoms with van der Waals surface area (Å²) in [7, 11) is 0. The van der Waals surface area contributed by atoms with Gasteiger partial charge >= 0.3 is 5.69 Å². The predicted octanol–water partition coefficient (Wildman–Crippen LogP) is 1.12. The van der Waals surface area contributed by atoms with Gasteiger partial charge in [-0.05, 0) is 36.1 Å². The molecule has 3 rings (SSSR count). The SMILES string of the molecule is CSc1ccc(-n2c(-c3ccccc3)cc(=O)n(C/C(=N/N)NN)c2=O)cc1. The summed E-state index contributed by atoms with van der Waals surface area (Å²) in [5, 5.41) is 3.46. The summed E-state index contributed by atoms with van der Waals surface area (Å²) in [6, 6.07) is 18.2. The van der Waals surface area contributed by atoms with Crippen molar-refractivity contribution < 1.29 is 0 Å². The number of nitrogens with one attached hydrogen (secondary N) is 1. The molecule has 0 aliphatic heterocycles. The van der Waals surface area contributed by atoms with Crippen LogP contribution in [0.5, 0.6) is 0 Å². The quantitative estimate of drug-likeness (QED) is 0.195. The fourth-order valence-electron chi connectivity index (χ4n) is 2.80. The number of nitrogens with zero attached hydrogens (tertiary/aromatic N) is 3. The van der Waals surface area contributed by atoms with Crippen molar-refractivity contribution in [2.45, 2.75) is 11.4 Å². The summed E-state index contributed by atoms with van der Waals surface area (Å²) >= 11 is 1.60. The number of hydrogen-bond donors (Lipinski definition) is 3. The molecule has 0 aliphatic carbocycles. The van der Waals surface area contributed by atoms with Crippen LogP contribution in [0.3, 0.4) is 0 Å². The van der Waals surface area contributed by atoms with Crippen LogP contribution >= 0.6 is 11.8 Å². The normalized spacial score (nSPS) is 11.4. The molecule has 28 heavy (non-hydrogen) atoms. The highest BCUT2D eigenvalue weighted by Gasteiger charge is 2.16. The van der Waals surface area contributed by atoms with Gasteiger partial charge in [-0.25, -0.2) is 10.6 Å². The number of aromatic nitrogens is 2. The highest BCUT2D eigenvalue weighted by molar-refractivity contribution is 7.98. The summed E-state index contributed by atoms with van der Waals surface area (Å²) in [6.45, 7) is -0.164. The Bertz CT molecular complexity index is 1100. The Hall–Kier alpha value is -3.30. The van der Waals surface area contributed by atoms with Crippen LogP contribution in [0.4, 0.5) is 0 Å². The van der Waals surface area contributed by atoms with Gasteiger partial charge in [-0.15, -0.1) is 11.8 Å². The topological polar surface area (TPSA) is 120 Å². The zero-order valence-electron chi connectivity index (χ0n) is 15.2. The van der Waals surface area contributed by atoms with E-state index in [2.05, 4.69) is 10.5 Å². The summed E-state index contributed by atoms with van der Waals surface area (Å²) in [4.78, 5) is 27.0. The second-order valence-electron chi connectivity index (χ2n) is 5.86. The lowest BCUT2D eigenvalue weighted by Crippen LogP contribution is -2.45. The van der Waals surface area contributed by atoms with Crippen molar-refractivity contribution in [2.75, 3.05) is 6.26 Å². The Labute approximate surface area is 165 Å². The number of amidine groups is 1. The Morgan fingerprint density at radius 3 is 2.36 bits per heavy atom. The Morgan fingerprint density at radius 1 is 1.11 bits per heavy atom. The number of hydrazine groups is 1. The van der Waals surface area contributed by atoms with Crippen LogP contribution in [-0.4, -0.2) is 21.2 Å². The lowest BCUT2D eigenvalue weighted by atomic mass is 10.1. The molecule has 0 spiro atoms. The van der Waals surface area contributed by atoms with Gasteiger partial charge < -0.3 is 11.3 Å². The molecule has 0 saturated heterocycles. The highest BCUT2D eigenvalue weighted by Crippen LogP contribution is 2.22. The lowest BCUT2D eigenvalue weighted by molar-refractivity contribution is 0.685. The van der Waals surface area contributed by atoms with E-state index in [0.717, 1.165) is 15.0 Å². The molecule has 0 amide bonds. The maximum absolute atomic E-state index is 13.3. The largest absolute Gasteiger partial charge is 0.336 e. The lowest BCUT2D eigenvalue weighted by Gasteiger charge is -2.16. The minimum Gasteiger partial charge on any atom is -0.321 e. The van der Waals surface area contributed by atoms with Gasteiger partial charge in [0, 0.05) is 11.0 Å². The van der Waals surface area contributed by atoms with Gasteiger partial charge in [0.05, 0.1) is 17.9 Å². The van der Waals surface area contributed by atoms with Crippen LogP contribution < -0.4 is 28.4 Å². The van der Waals surface area contributed by atoms with Crippen molar-refractivity contribution in [1.29, 1.82) is 0 Å². The Kier molecular flexibility index (Phi) is 5.97. The average Bonchev–Trinajstić information content (AvgIpc) is 2.74. The van der Waals surface area contributed by atoms with Crippen LogP contribution in [0.15, 0.2) is 80.2 Å². The van der Waals surface area contributed by atoms with E-state index in [0.29, 0.717) is 11.4 Å². The van der Waals surface area contributed by atoms with E-state index in [1.807, 2.05) is 60.9 Å². The molecular formula is C19H20N6O2S. The molecule has 0 bridgehead atoms. The molecule has 0 atom stereocenters. The fourth-order valence-corrected chi connectivity index (χ4v) is 3.21. The zero-order valence-corrected chi connectivity index (χ0v) is 16.0. The van der Waals surface area contributed by atoms with E-state index in [1.165, 1.54) is 10.6 Å². The molecule has 9 heteroatoms. The molecule has 0 unspecified atom stereocenters. The highest BCUT2D eigenvalue weighted by atomic mass is 32.2. The summed E-state index contributed by atoms with van der Waals surface area (Å²) in [5.74, 6) is 10.7. The first-order valence-corrected chi connectivity index (χ1v) is 9.61. The van der Waals surface area contributed by atoms with Gasteiger partial charge in [-0.3, -0.25) is 13.9 Å². The second-order valence-corrected chi connectivity index (χ2v) is 6.74. The maximum Gasteiger partial charge on any atom is 0.336 e. The molecule has 0 saturated carbocycles. The van der Waals surface area contributed by atoms with Crippen LogP contribution in [-0.2, 0) is 6.54 Å². The number of thioether (sulfide) groups is 1. The van der Waals surface area contributed by atoms with Crippen LogP contribution in [0.2, 0.25) is 0 Å². The third-order valence-corrected chi connectivity index (χ3v) is 4.96. The predicted molar refractivity (Wildman–Crippen MR) is 112 cm³/mol. The molecule has 144 valence electrons. The molecule has 5 N–H and O–H groups in total. The van der Waals surface area contributed by atoms with E-state index in [-0.39, 0.29) is 12.4 Å². The van der Waals surface area contributed by atoms with E-state index in [9.17, 15) is 9.59 Å². The monoisotopic (exact) mass is 396 g/mol. The van der Waals surface area contributed by atoms with Gasteiger partial charge in [0.15, 0.2) is 5.84 Å². The van der Waals surface area contributed by atoms with Crippen molar-refractivity contribution in [2.24, 2.45) is 16.8 Å². The molecule has 0 radical (unpaired) electrons. The van der Waals surface area contributed by atoms with Gasteiger partial charge in [0.2, 0.25) is 0 Å². The first-order valence-electron chi connectivity index (χ1n) is 8.39. The smallest absolute Gasteiger partial charge is 0.321 e. The van der Waals surface area contributed by atoms with Crippen LogP contribution in [0, 0.1) is 0 Å².